The maximum Gasteiger partial charge on any atom is 0.338 e. The first kappa shape index (κ1) is 14.3. The lowest BCUT2D eigenvalue weighted by Crippen LogP contribution is -2.23. The van der Waals surface area contributed by atoms with E-state index in [9.17, 15) is 4.79 Å². The second-order valence-corrected chi connectivity index (χ2v) is 6.05. The number of rotatable bonds is 3. The van der Waals surface area contributed by atoms with Gasteiger partial charge in [0.15, 0.2) is 6.39 Å². The van der Waals surface area contributed by atoms with E-state index < -0.39 is 5.60 Å². The van der Waals surface area contributed by atoms with Crippen molar-refractivity contribution in [3.05, 3.63) is 48.4 Å². The first-order valence-electron chi connectivity index (χ1n) is 6.98. The highest BCUT2D eigenvalue weighted by Gasteiger charge is 2.18. The molecule has 0 unspecified atom stereocenters. The van der Waals surface area contributed by atoms with E-state index in [1.54, 1.807) is 24.7 Å². The van der Waals surface area contributed by atoms with Gasteiger partial charge in [-0.3, -0.25) is 0 Å². The van der Waals surface area contributed by atoms with Crippen molar-refractivity contribution in [1.82, 2.24) is 14.5 Å². The third kappa shape index (κ3) is 3.00. The van der Waals surface area contributed by atoms with Crippen LogP contribution in [-0.2, 0) is 11.3 Å². The summed E-state index contributed by atoms with van der Waals surface area (Å²) >= 11 is 0. The predicted molar refractivity (Wildman–Crippen MR) is 80.5 cm³/mol. The zero-order valence-corrected chi connectivity index (χ0v) is 12.7. The molecule has 0 aliphatic heterocycles. The highest BCUT2D eigenvalue weighted by molar-refractivity contribution is 5.93. The Morgan fingerprint density at radius 1 is 1.36 bits per heavy atom. The van der Waals surface area contributed by atoms with Gasteiger partial charge >= 0.3 is 5.97 Å². The molecule has 0 spiro atoms. The van der Waals surface area contributed by atoms with Gasteiger partial charge in [-0.25, -0.2) is 14.8 Å². The van der Waals surface area contributed by atoms with Gasteiger partial charge in [-0.15, -0.1) is 0 Å². The minimum atomic E-state index is -0.522. The Morgan fingerprint density at radius 2 is 2.18 bits per heavy atom. The van der Waals surface area contributed by atoms with Crippen molar-refractivity contribution < 1.29 is 13.9 Å². The van der Waals surface area contributed by atoms with E-state index in [-0.39, 0.29) is 5.97 Å². The van der Waals surface area contributed by atoms with Gasteiger partial charge in [0.05, 0.1) is 35.7 Å². The lowest BCUT2D eigenvalue weighted by molar-refractivity contribution is 0.00697. The Kier molecular flexibility index (Phi) is 3.44. The lowest BCUT2D eigenvalue weighted by Gasteiger charge is -2.19. The molecule has 114 valence electrons. The number of hydrogen-bond donors (Lipinski definition) is 0. The van der Waals surface area contributed by atoms with Crippen molar-refractivity contribution in [3.8, 4) is 0 Å². The average Bonchev–Trinajstić information content (AvgIpc) is 3.07. The number of benzene rings is 1. The van der Waals surface area contributed by atoms with Gasteiger partial charge in [-0.2, -0.15) is 0 Å². The summed E-state index contributed by atoms with van der Waals surface area (Å²) in [7, 11) is 0. The monoisotopic (exact) mass is 299 g/mol. The molecule has 0 radical (unpaired) electrons. The van der Waals surface area contributed by atoms with Crippen LogP contribution in [0.15, 0.2) is 41.5 Å². The van der Waals surface area contributed by atoms with Crippen LogP contribution in [0.3, 0.4) is 0 Å². The molecule has 6 heteroatoms. The molecular formula is C16H17N3O3. The molecule has 0 amide bonds. The van der Waals surface area contributed by atoms with Crippen LogP contribution in [0, 0.1) is 0 Å². The zero-order chi connectivity index (χ0) is 15.7. The van der Waals surface area contributed by atoms with E-state index in [1.165, 1.54) is 6.39 Å². The Morgan fingerprint density at radius 3 is 2.86 bits per heavy atom. The number of nitrogens with zero attached hydrogens (tertiary/aromatic N) is 3. The number of oxazole rings is 1. The summed E-state index contributed by atoms with van der Waals surface area (Å²) in [6.07, 6.45) is 4.76. The SMILES string of the molecule is CC(C)(C)OC(=O)c1ccc2ncn(Cc3cnco3)c2c1. The Labute approximate surface area is 127 Å². The summed E-state index contributed by atoms with van der Waals surface area (Å²) in [4.78, 5) is 20.4. The number of carbonyl (C=O) groups is 1. The lowest BCUT2D eigenvalue weighted by atomic mass is 10.1. The van der Waals surface area contributed by atoms with Gasteiger partial charge in [0, 0.05) is 0 Å². The summed E-state index contributed by atoms with van der Waals surface area (Å²) in [5, 5.41) is 0. The van der Waals surface area contributed by atoms with Crippen LogP contribution in [0.2, 0.25) is 0 Å². The fourth-order valence-electron chi connectivity index (χ4n) is 2.13. The van der Waals surface area contributed by atoms with Crippen LogP contribution in [0.25, 0.3) is 11.0 Å². The molecule has 0 atom stereocenters. The molecule has 3 rings (SSSR count). The van der Waals surface area contributed by atoms with Crippen molar-refractivity contribution in [1.29, 1.82) is 0 Å². The number of ether oxygens (including phenoxy) is 1. The minimum absolute atomic E-state index is 0.346. The van der Waals surface area contributed by atoms with E-state index in [2.05, 4.69) is 9.97 Å². The van der Waals surface area contributed by atoms with E-state index in [0.717, 1.165) is 16.8 Å². The number of carbonyl (C=O) groups excluding carboxylic acids is 1. The molecule has 0 saturated heterocycles. The van der Waals surface area contributed by atoms with Gasteiger partial charge in [-0.1, -0.05) is 0 Å². The summed E-state index contributed by atoms with van der Waals surface area (Å²) in [5.41, 5.74) is 1.64. The number of esters is 1. The molecule has 2 heterocycles. The van der Waals surface area contributed by atoms with Gasteiger partial charge in [0.1, 0.15) is 11.4 Å². The van der Waals surface area contributed by atoms with Crippen molar-refractivity contribution in [3.63, 3.8) is 0 Å². The Hall–Kier alpha value is -2.63. The molecular weight excluding hydrogens is 282 g/mol. The largest absolute Gasteiger partial charge is 0.456 e. The van der Waals surface area contributed by atoms with Crippen LogP contribution in [0.4, 0.5) is 0 Å². The number of aromatic nitrogens is 3. The van der Waals surface area contributed by atoms with Gasteiger partial charge in [0.25, 0.3) is 0 Å². The predicted octanol–water partition coefficient (Wildman–Crippen LogP) is 3.03. The first-order valence-corrected chi connectivity index (χ1v) is 6.98. The van der Waals surface area contributed by atoms with Crippen LogP contribution >= 0.6 is 0 Å². The molecule has 3 aromatic rings. The van der Waals surface area contributed by atoms with E-state index in [4.69, 9.17) is 9.15 Å². The van der Waals surface area contributed by atoms with Crippen molar-refractivity contribution in [2.24, 2.45) is 0 Å². The highest BCUT2D eigenvalue weighted by Crippen LogP contribution is 2.19. The molecule has 2 aromatic heterocycles. The molecule has 0 aliphatic rings. The smallest absolute Gasteiger partial charge is 0.338 e. The van der Waals surface area contributed by atoms with Crippen LogP contribution in [0.5, 0.6) is 0 Å². The molecule has 0 fully saturated rings. The third-order valence-corrected chi connectivity index (χ3v) is 3.07. The molecule has 1 aromatic carbocycles. The minimum Gasteiger partial charge on any atom is -0.456 e. The molecule has 0 saturated carbocycles. The highest BCUT2D eigenvalue weighted by atomic mass is 16.6. The molecule has 0 bridgehead atoms. The standard InChI is InChI=1S/C16H17N3O3/c1-16(2,3)22-15(20)11-4-5-13-14(6-11)19(9-18-13)8-12-7-17-10-21-12/h4-7,9-10H,8H2,1-3H3. The summed E-state index contributed by atoms with van der Waals surface area (Å²) in [6, 6.07) is 5.32. The van der Waals surface area contributed by atoms with Crippen molar-refractivity contribution in [2.75, 3.05) is 0 Å². The van der Waals surface area contributed by atoms with Crippen LogP contribution in [-0.4, -0.2) is 26.1 Å². The fraction of sp³-hybridized carbons (Fsp3) is 0.312. The van der Waals surface area contributed by atoms with Crippen LogP contribution in [0.1, 0.15) is 36.9 Å². The topological polar surface area (TPSA) is 70.2 Å². The molecule has 0 N–H and O–H groups in total. The van der Waals surface area contributed by atoms with E-state index in [0.29, 0.717) is 12.1 Å². The first-order chi connectivity index (χ1) is 10.4. The molecule has 22 heavy (non-hydrogen) atoms. The van der Waals surface area contributed by atoms with Crippen molar-refractivity contribution >= 4 is 17.0 Å². The molecule has 6 nitrogen and oxygen atoms in total. The maximum atomic E-state index is 12.2. The summed E-state index contributed by atoms with van der Waals surface area (Å²) in [5.74, 6) is 0.379. The van der Waals surface area contributed by atoms with Crippen LogP contribution < -0.4 is 0 Å². The Bertz CT molecular complexity index is 798. The summed E-state index contributed by atoms with van der Waals surface area (Å²) in [6.45, 7) is 6.04. The maximum absolute atomic E-state index is 12.2. The number of fused-ring (bicyclic) bond motifs is 1. The van der Waals surface area contributed by atoms with Crippen molar-refractivity contribution in [2.45, 2.75) is 32.9 Å². The average molecular weight is 299 g/mol. The van der Waals surface area contributed by atoms with Gasteiger partial charge in [-0.05, 0) is 39.0 Å². The van der Waals surface area contributed by atoms with E-state index in [1.807, 2.05) is 31.4 Å². The van der Waals surface area contributed by atoms with Gasteiger partial charge < -0.3 is 13.7 Å². The Balaban J connectivity index is 1.93. The third-order valence-electron chi connectivity index (χ3n) is 3.07. The second kappa shape index (κ2) is 5.29. The quantitative estimate of drug-likeness (QED) is 0.695. The molecule has 0 aliphatic carbocycles. The number of imidazole rings is 1. The fourth-order valence-corrected chi connectivity index (χ4v) is 2.13. The number of hydrogen-bond acceptors (Lipinski definition) is 5. The normalized spacial score (nSPS) is 11.8. The second-order valence-electron chi connectivity index (χ2n) is 6.05. The summed E-state index contributed by atoms with van der Waals surface area (Å²) < 4.78 is 12.6. The van der Waals surface area contributed by atoms with Gasteiger partial charge in [0.2, 0.25) is 0 Å². The van der Waals surface area contributed by atoms with E-state index >= 15 is 0 Å². The zero-order valence-electron chi connectivity index (χ0n) is 12.7.